The van der Waals surface area contributed by atoms with Crippen molar-refractivity contribution >= 4 is 27.0 Å². The average molecular weight is 369 g/mol. The Balaban J connectivity index is 2.31. The summed E-state index contributed by atoms with van der Waals surface area (Å²) in [5.41, 5.74) is -0.0748. The third-order valence-electron chi connectivity index (χ3n) is 3.62. The van der Waals surface area contributed by atoms with E-state index in [1.165, 1.54) is 23.5 Å². The lowest BCUT2D eigenvalue weighted by molar-refractivity contribution is -0.387. The number of nitrogens with one attached hydrogen (secondary N) is 1. The van der Waals surface area contributed by atoms with E-state index >= 15 is 0 Å². The second-order valence-electron chi connectivity index (χ2n) is 5.53. The van der Waals surface area contributed by atoms with Crippen molar-refractivity contribution in [2.45, 2.75) is 17.9 Å². The van der Waals surface area contributed by atoms with Gasteiger partial charge in [-0.05, 0) is 38.0 Å². The normalized spacial score (nSPS) is 13.2. The van der Waals surface area contributed by atoms with Crippen LogP contribution in [-0.4, -0.2) is 38.9 Å². The summed E-state index contributed by atoms with van der Waals surface area (Å²) in [5.74, 6) is 0. The smallest absolute Gasteiger partial charge is 0.289 e. The van der Waals surface area contributed by atoms with Gasteiger partial charge in [-0.15, -0.1) is 11.3 Å². The molecule has 7 nitrogen and oxygen atoms in total. The first-order chi connectivity index (χ1) is 11.2. The quantitative estimate of drug-likeness (QED) is 0.598. The van der Waals surface area contributed by atoms with Crippen molar-refractivity contribution in [1.29, 1.82) is 0 Å². The van der Waals surface area contributed by atoms with Gasteiger partial charge in [-0.2, -0.15) is 0 Å². The summed E-state index contributed by atoms with van der Waals surface area (Å²) in [6.07, 6.45) is 0. The van der Waals surface area contributed by atoms with E-state index in [0.717, 1.165) is 4.88 Å². The van der Waals surface area contributed by atoms with Gasteiger partial charge in [0.1, 0.15) is 0 Å². The zero-order valence-corrected chi connectivity index (χ0v) is 15.2. The van der Waals surface area contributed by atoms with Crippen LogP contribution in [0.5, 0.6) is 0 Å². The number of nitro benzene ring substituents is 1. The van der Waals surface area contributed by atoms with Gasteiger partial charge in [-0.25, -0.2) is 13.1 Å². The van der Waals surface area contributed by atoms with Gasteiger partial charge in [-0.1, -0.05) is 18.2 Å². The lowest BCUT2D eigenvalue weighted by Gasteiger charge is -2.23. The van der Waals surface area contributed by atoms with Gasteiger partial charge >= 0.3 is 0 Å². The zero-order chi connectivity index (χ0) is 17.9. The first-order valence-electron chi connectivity index (χ1n) is 7.17. The number of thiophene rings is 1. The van der Waals surface area contributed by atoms with E-state index in [1.807, 2.05) is 36.5 Å². The average Bonchev–Trinajstić information content (AvgIpc) is 3.00. The van der Waals surface area contributed by atoms with E-state index in [-0.39, 0.29) is 17.5 Å². The van der Waals surface area contributed by atoms with Crippen LogP contribution < -0.4 is 4.72 Å². The molecule has 1 heterocycles. The molecule has 0 aliphatic carbocycles. The minimum atomic E-state index is -4.00. The number of hydrogen-bond donors (Lipinski definition) is 1. The van der Waals surface area contributed by atoms with Gasteiger partial charge < -0.3 is 4.90 Å². The van der Waals surface area contributed by atoms with Gasteiger partial charge in [0.05, 0.1) is 11.0 Å². The minimum absolute atomic E-state index is 0.126. The summed E-state index contributed by atoms with van der Waals surface area (Å²) >= 11 is 1.53. The molecule has 0 amide bonds. The van der Waals surface area contributed by atoms with Crippen molar-refractivity contribution in [3.63, 3.8) is 0 Å². The molecule has 0 unspecified atom stereocenters. The second-order valence-corrected chi connectivity index (χ2v) is 8.21. The SMILES string of the molecule is Cc1cccc([N+](=O)[O-])c1S(=O)(=O)NC[C@H](c1cccs1)N(C)C. The van der Waals surface area contributed by atoms with Crippen LogP contribution in [0.3, 0.4) is 0 Å². The van der Waals surface area contributed by atoms with Crippen LogP contribution in [0.25, 0.3) is 0 Å². The maximum Gasteiger partial charge on any atom is 0.289 e. The second kappa shape index (κ2) is 7.39. The van der Waals surface area contributed by atoms with E-state index in [9.17, 15) is 18.5 Å². The molecule has 1 aromatic carbocycles. The van der Waals surface area contributed by atoms with Gasteiger partial charge in [0.25, 0.3) is 5.69 Å². The zero-order valence-electron chi connectivity index (χ0n) is 13.6. The Morgan fingerprint density at radius 2 is 2.00 bits per heavy atom. The summed E-state index contributed by atoms with van der Waals surface area (Å²) in [5, 5.41) is 13.1. The molecule has 0 saturated carbocycles. The molecule has 0 fully saturated rings. The van der Waals surface area contributed by atoms with E-state index in [0.29, 0.717) is 5.56 Å². The number of benzene rings is 1. The predicted octanol–water partition coefficient (Wildman–Crippen LogP) is 2.55. The predicted molar refractivity (Wildman–Crippen MR) is 93.8 cm³/mol. The molecule has 0 aliphatic rings. The summed E-state index contributed by atoms with van der Waals surface area (Å²) in [7, 11) is -0.288. The lowest BCUT2D eigenvalue weighted by Crippen LogP contribution is -2.34. The van der Waals surface area contributed by atoms with Crippen molar-refractivity contribution in [1.82, 2.24) is 9.62 Å². The molecule has 9 heteroatoms. The molecule has 2 rings (SSSR count). The molecule has 0 spiro atoms. The Morgan fingerprint density at radius 1 is 1.29 bits per heavy atom. The standard InChI is InChI=1S/C15H19N3O4S2/c1-11-6-4-7-12(18(19)20)15(11)24(21,22)16-10-13(17(2)3)14-8-5-9-23-14/h4-9,13,16H,10H2,1-3H3/t13-/m1/s1. The summed E-state index contributed by atoms with van der Waals surface area (Å²) in [6.45, 7) is 1.67. The fourth-order valence-corrected chi connectivity index (χ4v) is 4.76. The highest BCUT2D eigenvalue weighted by Gasteiger charge is 2.29. The topological polar surface area (TPSA) is 92.5 Å². The van der Waals surface area contributed by atoms with Crippen LogP contribution in [0.15, 0.2) is 40.6 Å². The molecule has 1 atom stereocenters. The Morgan fingerprint density at radius 3 is 2.54 bits per heavy atom. The fraction of sp³-hybridized carbons (Fsp3) is 0.333. The number of sulfonamides is 1. The first-order valence-corrected chi connectivity index (χ1v) is 9.54. The van der Waals surface area contributed by atoms with Gasteiger partial charge in [-0.3, -0.25) is 10.1 Å². The molecule has 24 heavy (non-hydrogen) atoms. The summed E-state index contributed by atoms with van der Waals surface area (Å²) < 4.78 is 27.8. The van der Waals surface area contributed by atoms with Crippen LogP contribution in [0.2, 0.25) is 0 Å². The van der Waals surface area contributed by atoms with Gasteiger partial charge in [0.15, 0.2) is 4.90 Å². The molecule has 0 radical (unpaired) electrons. The van der Waals surface area contributed by atoms with Crippen molar-refractivity contribution in [3.05, 3.63) is 56.3 Å². The highest BCUT2D eigenvalue weighted by Crippen LogP contribution is 2.28. The summed E-state index contributed by atoms with van der Waals surface area (Å²) in [4.78, 5) is 13.1. The molecule has 130 valence electrons. The van der Waals surface area contributed by atoms with Crippen molar-refractivity contribution in [2.24, 2.45) is 0 Å². The van der Waals surface area contributed by atoms with E-state index < -0.39 is 20.6 Å². The molecule has 0 saturated heterocycles. The van der Waals surface area contributed by atoms with Crippen LogP contribution in [0.4, 0.5) is 5.69 Å². The molecule has 1 N–H and O–H groups in total. The van der Waals surface area contributed by atoms with Crippen molar-refractivity contribution < 1.29 is 13.3 Å². The van der Waals surface area contributed by atoms with Gasteiger partial charge in [0.2, 0.25) is 10.0 Å². The van der Waals surface area contributed by atoms with Crippen LogP contribution in [-0.2, 0) is 10.0 Å². The maximum absolute atomic E-state index is 12.6. The Hall–Kier alpha value is -1.81. The van der Waals surface area contributed by atoms with Gasteiger partial charge in [0, 0.05) is 17.5 Å². The molecule has 0 bridgehead atoms. The largest absolute Gasteiger partial charge is 0.300 e. The van der Waals surface area contributed by atoms with Crippen LogP contribution >= 0.6 is 11.3 Å². The molecular formula is C15H19N3O4S2. The van der Waals surface area contributed by atoms with E-state index in [2.05, 4.69) is 4.72 Å². The molecule has 1 aromatic heterocycles. The number of rotatable bonds is 7. The number of nitro groups is 1. The Kier molecular flexibility index (Phi) is 5.70. The highest BCUT2D eigenvalue weighted by molar-refractivity contribution is 7.89. The fourth-order valence-electron chi connectivity index (χ4n) is 2.41. The van der Waals surface area contributed by atoms with Crippen molar-refractivity contribution in [3.8, 4) is 0 Å². The third-order valence-corrected chi connectivity index (χ3v) is 6.21. The monoisotopic (exact) mass is 369 g/mol. The number of aryl methyl sites for hydroxylation is 1. The highest BCUT2D eigenvalue weighted by atomic mass is 32.2. The molecule has 0 aliphatic heterocycles. The van der Waals surface area contributed by atoms with E-state index in [4.69, 9.17) is 0 Å². The Labute approximate surface area is 145 Å². The first kappa shape index (κ1) is 18.5. The maximum atomic E-state index is 12.6. The minimum Gasteiger partial charge on any atom is -0.300 e. The molecular weight excluding hydrogens is 350 g/mol. The number of hydrogen-bond acceptors (Lipinski definition) is 6. The number of nitrogens with zero attached hydrogens (tertiary/aromatic N) is 2. The van der Waals surface area contributed by atoms with Crippen LogP contribution in [0.1, 0.15) is 16.5 Å². The number of likely N-dealkylation sites (N-methyl/N-ethyl adjacent to an activating group) is 1. The summed E-state index contributed by atoms with van der Waals surface area (Å²) in [6, 6.07) is 7.90. The van der Waals surface area contributed by atoms with Crippen molar-refractivity contribution in [2.75, 3.05) is 20.6 Å². The van der Waals surface area contributed by atoms with Crippen LogP contribution in [0, 0.1) is 17.0 Å². The van der Waals surface area contributed by atoms with E-state index in [1.54, 1.807) is 13.0 Å². The molecule has 2 aromatic rings. The Bertz CT molecular complexity index is 817. The lowest BCUT2D eigenvalue weighted by atomic mass is 10.2. The third kappa shape index (κ3) is 3.99.